The molecule has 25 heavy (non-hydrogen) atoms. The van der Waals surface area contributed by atoms with Gasteiger partial charge in [0.2, 0.25) is 0 Å². The number of anilines is 1. The van der Waals surface area contributed by atoms with Crippen LogP contribution in [0.2, 0.25) is 0 Å². The summed E-state index contributed by atoms with van der Waals surface area (Å²) in [5.41, 5.74) is 7.14. The van der Waals surface area contributed by atoms with Gasteiger partial charge >= 0.3 is 0 Å². The molecule has 0 bridgehead atoms. The number of carbonyl (C=O) groups excluding carboxylic acids is 1. The fourth-order valence-corrected chi connectivity index (χ4v) is 2.12. The van der Waals surface area contributed by atoms with E-state index >= 15 is 0 Å². The van der Waals surface area contributed by atoms with E-state index in [2.05, 4.69) is 15.6 Å². The number of benzene rings is 2. The van der Waals surface area contributed by atoms with Crippen LogP contribution < -0.4 is 25.8 Å². The minimum absolute atomic E-state index is 0.172. The highest BCUT2D eigenvalue weighted by Crippen LogP contribution is 2.22. The average molecular weight is 342 g/mol. The van der Waals surface area contributed by atoms with Gasteiger partial charge in [-0.3, -0.25) is 9.79 Å². The average Bonchev–Trinajstić information content (AvgIpc) is 2.65. The Balaban J connectivity index is 1.80. The molecule has 132 valence electrons. The molecule has 0 fully saturated rings. The van der Waals surface area contributed by atoms with Crippen molar-refractivity contribution in [2.75, 3.05) is 32.6 Å². The van der Waals surface area contributed by atoms with Gasteiger partial charge < -0.3 is 25.8 Å². The number of amides is 1. The molecule has 0 aliphatic carbocycles. The van der Waals surface area contributed by atoms with Gasteiger partial charge in [0.25, 0.3) is 5.91 Å². The molecule has 0 aliphatic rings. The van der Waals surface area contributed by atoms with Crippen molar-refractivity contribution in [3.05, 3.63) is 54.1 Å². The van der Waals surface area contributed by atoms with Gasteiger partial charge in [0, 0.05) is 12.1 Å². The van der Waals surface area contributed by atoms with Crippen LogP contribution >= 0.6 is 0 Å². The number of aliphatic imine (C=N–C) groups is 1. The van der Waals surface area contributed by atoms with E-state index < -0.39 is 0 Å². The molecule has 0 radical (unpaired) electrons. The first-order chi connectivity index (χ1) is 12.1. The van der Waals surface area contributed by atoms with E-state index in [1.165, 1.54) is 0 Å². The Morgan fingerprint density at radius 3 is 2.48 bits per heavy atom. The number of ether oxygens (including phenoxy) is 2. The van der Waals surface area contributed by atoms with Gasteiger partial charge in [-0.15, -0.1) is 0 Å². The van der Waals surface area contributed by atoms with Crippen molar-refractivity contribution in [1.82, 2.24) is 5.32 Å². The SMILES string of the molecule is COc1ccc(C(=O)NCCN=C(N)Nc2ccccc2OC)cc1. The van der Waals surface area contributed by atoms with Gasteiger partial charge in [0.15, 0.2) is 5.96 Å². The van der Waals surface area contributed by atoms with E-state index in [1.807, 2.05) is 24.3 Å². The van der Waals surface area contributed by atoms with Crippen LogP contribution in [0.4, 0.5) is 5.69 Å². The first-order valence-electron chi connectivity index (χ1n) is 7.76. The van der Waals surface area contributed by atoms with Crippen LogP contribution in [0.1, 0.15) is 10.4 Å². The van der Waals surface area contributed by atoms with E-state index in [4.69, 9.17) is 15.2 Å². The van der Waals surface area contributed by atoms with E-state index in [9.17, 15) is 4.79 Å². The number of carbonyl (C=O) groups is 1. The predicted octanol–water partition coefficient (Wildman–Crippen LogP) is 1.86. The fourth-order valence-electron chi connectivity index (χ4n) is 2.12. The number of hydrogen-bond acceptors (Lipinski definition) is 4. The number of nitrogens with zero attached hydrogens (tertiary/aromatic N) is 1. The predicted molar refractivity (Wildman–Crippen MR) is 98.4 cm³/mol. The van der Waals surface area contributed by atoms with Crippen molar-refractivity contribution in [3.8, 4) is 11.5 Å². The summed E-state index contributed by atoms with van der Waals surface area (Å²) in [6, 6.07) is 14.3. The number of nitrogens with two attached hydrogens (primary N) is 1. The van der Waals surface area contributed by atoms with Crippen LogP contribution in [0.25, 0.3) is 0 Å². The minimum Gasteiger partial charge on any atom is -0.497 e. The van der Waals surface area contributed by atoms with Crippen LogP contribution in [-0.2, 0) is 0 Å². The zero-order valence-electron chi connectivity index (χ0n) is 14.3. The Morgan fingerprint density at radius 2 is 1.80 bits per heavy atom. The molecule has 0 heterocycles. The quantitative estimate of drug-likeness (QED) is 0.405. The van der Waals surface area contributed by atoms with Crippen LogP contribution in [0, 0.1) is 0 Å². The third kappa shape index (κ3) is 5.42. The van der Waals surface area contributed by atoms with Crippen LogP contribution in [-0.4, -0.2) is 39.2 Å². The number of methoxy groups -OCH3 is 2. The van der Waals surface area contributed by atoms with E-state index in [0.717, 1.165) is 5.69 Å². The zero-order chi connectivity index (χ0) is 18.1. The lowest BCUT2D eigenvalue weighted by molar-refractivity contribution is 0.0955. The number of rotatable bonds is 7. The highest BCUT2D eigenvalue weighted by Gasteiger charge is 2.05. The van der Waals surface area contributed by atoms with Crippen molar-refractivity contribution < 1.29 is 14.3 Å². The maximum atomic E-state index is 12.0. The summed E-state index contributed by atoms with van der Waals surface area (Å²) < 4.78 is 10.3. The topological polar surface area (TPSA) is 98.0 Å². The highest BCUT2D eigenvalue weighted by molar-refractivity contribution is 5.95. The molecule has 1 amide bonds. The number of hydrogen-bond donors (Lipinski definition) is 3. The third-order valence-corrected chi connectivity index (χ3v) is 3.40. The summed E-state index contributed by atoms with van der Waals surface area (Å²) in [7, 11) is 3.17. The second-order valence-corrected chi connectivity index (χ2v) is 5.08. The monoisotopic (exact) mass is 342 g/mol. The van der Waals surface area contributed by atoms with E-state index in [1.54, 1.807) is 38.5 Å². The number of para-hydroxylation sites is 2. The molecule has 0 saturated heterocycles. The van der Waals surface area contributed by atoms with Crippen molar-refractivity contribution in [1.29, 1.82) is 0 Å². The molecule has 0 saturated carbocycles. The second kappa shape index (κ2) is 9.17. The van der Waals surface area contributed by atoms with Crippen LogP contribution in [0.3, 0.4) is 0 Å². The Bertz CT molecular complexity index is 729. The summed E-state index contributed by atoms with van der Waals surface area (Å²) in [6.07, 6.45) is 0. The molecule has 0 aliphatic heterocycles. The van der Waals surface area contributed by atoms with Gasteiger partial charge in [0.1, 0.15) is 11.5 Å². The molecule has 0 unspecified atom stereocenters. The maximum absolute atomic E-state index is 12.0. The van der Waals surface area contributed by atoms with Gasteiger partial charge in [-0.1, -0.05) is 12.1 Å². The van der Waals surface area contributed by atoms with Gasteiger partial charge in [-0.2, -0.15) is 0 Å². The summed E-state index contributed by atoms with van der Waals surface area (Å²) >= 11 is 0. The number of nitrogens with one attached hydrogen (secondary N) is 2. The zero-order valence-corrected chi connectivity index (χ0v) is 14.3. The van der Waals surface area contributed by atoms with Crippen molar-refractivity contribution in [3.63, 3.8) is 0 Å². The molecule has 7 nitrogen and oxygen atoms in total. The highest BCUT2D eigenvalue weighted by atomic mass is 16.5. The lowest BCUT2D eigenvalue weighted by Gasteiger charge is -2.10. The minimum atomic E-state index is -0.172. The summed E-state index contributed by atoms with van der Waals surface area (Å²) in [5.74, 6) is 1.46. The van der Waals surface area contributed by atoms with E-state index in [-0.39, 0.29) is 11.9 Å². The van der Waals surface area contributed by atoms with Crippen LogP contribution in [0.15, 0.2) is 53.5 Å². The molecule has 0 atom stereocenters. The molecular formula is C18H22N4O3. The van der Waals surface area contributed by atoms with Crippen molar-refractivity contribution in [2.24, 2.45) is 10.7 Å². The summed E-state index contributed by atoms with van der Waals surface area (Å²) in [4.78, 5) is 16.2. The molecule has 2 aromatic rings. The molecular weight excluding hydrogens is 320 g/mol. The standard InChI is InChI=1S/C18H22N4O3/c1-24-14-9-7-13(8-10-14)17(23)20-11-12-21-18(19)22-15-5-3-4-6-16(15)25-2/h3-10H,11-12H2,1-2H3,(H,20,23)(H3,19,21,22). The fraction of sp³-hybridized carbons (Fsp3) is 0.222. The lowest BCUT2D eigenvalue weighted by atomic mass is 10.2. The molecule has 0 aromatic heterocycles. The smallest absolute Gasteiger partial charge is 0.251 e. The number of guanidine groups is 1. The van der Waals surface area contributed by atoms with Crippen LogP contribution in [0.5, 0.6) is 11.5 Å². The van der Waals surface area contributed by atoms with Crippen molar-refractivity contribution >= 4 is 17.6 Å². The lowest BCUT2D eigenvalue weighted by Crippen LogP contribution is -2.28. The third-order valence-electron chi connectivity index (χ3n) is 3.40. The van der Waals surface area contributed by atoms with E-state index in [0.29, 0.717) is 30.2 Å². The Morgan fingerprint density at radius 1 is 1.08 bits per heavy atom. The largest absolute Gasteiger partial charge is 0.497 e. The Labute approximate surface area is 146 Å². The summed E-state index contributed by atoms with van der Waals surface area (Å²) in [6.45, 7) is 0.731. The molecule has 4 N–H and O–H groups in total. The Hall–Kier alpha value is -3.22. The molecule has 2 rings (SSSR count). The second-order valence-electron chi connectivity index (χ2n) is 5.08. The summed E-state index contributed by atoms with van der Waals surface area (Å²) in [5, 5.41) is 5.75. The Kier molecular flexibility index (Phi) is 6.65. The van der Waals surface area contributed by atoms with Gasteiger partial charge in [-0.25, -0.2) is 0 Å². The maximum Gasteiger partial charge on any atom is 0.251 e. The van der Waals surface area contributed by atoms with Gasteiger partial charge in [0.05, 0.1) is 26.5 Å². The first kappa shape index (κ1) is 18.1. The normalized spacial score (nSPS) is 10.9. The molecule has 7 heteroatoms. The van der Waals surface area contributed by atoms with Crippen molar-refractivity contribution in [2.45, 2.75) is 0 Å². The van der Waals surface area contributed by atoms with Gasteiger partial charge in [-0.05, 0) is 36.4 Å². The molecule has 2 aromatic carbocycles. The first-order valence-corrected chi connectivity index (χ1v) is 7.76. The molecule has 0 spiro atoms.